The van der Waals surface area contributed by atoms with E-state index in [2.05, 4.69) is 4.98 Å². The molecule has 32 heavy (non-hydrogen) atoms. The number of anilines is 1. The van der Waals surface area contributed by atoms with Crippen molar-refractivity contribution in [3.05, 3.63) is 65.4 Å². The van der Waals surface area contributed by atoms with Gasteiger partial charge in [-0.1, -0.05) is 11.6 Å². The summed E-state index contributed by atoms with van der Waals surface area (Å²) in [5.41, 5.74) is 0.112. The summed E-state index contributed by atoms with van der Waals surface area (Å²) in [6.07, 6.45) is 4.26. The second kappa shape index (κ2) is 8.73. The third kappa shape index (κ3) is 3.99. The van der Waals surface area contributed by atoms with E-state index in [1.54, 1.807) is 24.4 Å². The molecule has 1 saturated heterocycles. The molecule has 162 valence electrons. The van der Waals surface area contributed by atoms with Crippen molar-refractivity contribution in [1.29, 1.82) is 5.26 Å². The van der Waals surface area contributed by atoms with E-state index in [-0.39, 0.29) is 10.9 Å². The summed E-state index contributed by atoms with van der Waals surface area (Å²) < 4.78 is 5.92. The van der Waals surface area contributed by atoms with E-state index in [0.29, 0.717) is 35.9 Å². The number of carbonyl (C=O) groups excluding carboxylic acids is 1. The number of hydrogen-bond donors (Lipinski definition) is 0. The van der Waals surface area contributed by atoms with Gasteiger partial charge in [0.15, 0.2) is 5.11 Å². The van der Waals surface area contributed by atoms with E-state index in [4.69, 9.17) is 33.8 Å². The van der Waals surface area contributed by atoms with Crippen LogP contribution in [0.3, 0.4) is 0 Å². The second-order valence-corrected chi connectivity index (χ2v) is 8.77. The molecule has 0 radical (unpaired) electrons. The Kier molecular flexibility index (Phi) is 6.00. The molecule has 1 aliphatic heterocycles. The number of hydrogen-bond acceptors (Lipinski definition) is 5. The largest absolute Gasteiger partial charge is 0.494 e. The normalized spacial score (nSPS) is 15.3. The van der Waals surface area contributed by atoms with Crippen molar-refractivity contribution in [3.8, 4) is 11.8 Å². The molecule has 0 aliphatic carbocycles. The van der Waals surface area contributed by atoms with Gasteiger partial charge in [-0.2, -0.15) is 5.26 Å². The average molecular weight is 465 g/mol. The Bertz CT molecular complexity index is 1250. The first kappa shape index (κ1) is 22.0. The van der Waals surface area contributed by atoms with Crippen LogP contribution < -0.4 is 9.64 Å². The number of nitrogens with zero attached hydrogens (tertiary/aromatic N) is 4. The van der Waals surface area contributed by atoms with Crippen LogP contribution in [-0.4, -0.2) is 39.6 Å². The zero-order valence-corrected chi connectivity index (χ0v) is 19.3. The Morgan fingerprint density at radius 1 is 1.19 bits per heavy atom. The maximum atomic E-state index is 13.1. The molecule has 1 fully saturated rings. The van der Waals surface area contributed by atoms with E-state index in [1.165, 1.54) is 4.90 Å². The monoisotopic (exact) mass is 464 g/mol. The molecule has 1 amide bonds. The predicted molar refractivity (Wildman–Crippen MR) is 129 cm³/mol. The van der Waals surface area contributed by atoms with Gasteiger partial charge < -0.3 is 9.64 Å². The first-order valence-corrected chi connectivity index (χ1v) is 10.9. The number of carbonyl (C=O) groups is 1. The number of benzene rings is 2. The van der Waals surface area contributed by atoms with Gasteiger partial charge >= 0.3 is 0 Å². The van der Waals surface area contributed by atoms with Crippen molar-refractivity contribution in [2.24, 2.45) is 0 Å². The molecule has 1 aromatic heterocycles. The lowest BCUT2D eigenvalue weighted by atomic mass is 10.0. The smallest absolute Gasteiger partial charge is 0.258 e. The van der Waals surface area contributed by atoms with Gasteiger partial charge in [0.2, 0.25) is 0 Å². The number of aromatic nitrogens is 1. The third-order valence-corrected chi connectivity index (χ3v) is 6.28. The lowest BCUT2D eigenvalue weighted by molar-refractivity contribution is -0.123. The van der Waals surface area contributed by atoms with Crippen molar-refractivity contribution in [2.75, 3.05) is 18.1 Å². The van der Waals surface area contributed by atoms with Crippen molar-refractivity contribution in [3.63, 3.8) is 0 Å². The molecule has 8 heteroatoms. The topological polar surface area (TPSA) is 69.5 Å². The Morgan fingerprint density at radius 2 is 2.00 bits per heavy atom. The molecule has 0 N–H and O–H groups in total. The van der Waals surface area contributed by atoms with Crippen molar-refractivity contribution in [1.82, 2.24) is 9.88 Å². The summed E-state index contributed by atoms with van der Waals surface area (Å²) in [5.74, 6) is 0.657. The maximum Gasteiger partial charge on any atom is 0.258 e. The lowest BCUT2D eigenvalue weighted by Crippen LogP contribution is -2.44. The number of amides is 1. The molecule has 0 saturated carbocycles. The molecule has 0 bridgehead atoms. The van der Waals surface area contributed by atoms with Crippen LogP contribution in [-0.2, 0) is 4.79 Å². The molecule has 6 nitrogen and oxygen atoms in total. The van der Waals surface area contributed by atoms with E-state index in [0.717, 1.165) is 16.5 Å². The van der Waals surface area contributed by atoms with Gasteiger partial charge in [0.25, 0.3) is 5.91 Å². The SMILES string of the molecule is CC1(C)C(=O)N(c2ccc(C#N)c(Cl)c2)C(=S)N1CCCOc1ccc2cnccc2c1. The zero-order chi connectivity index (χ0) is 22.9. The van der Waals surface area contributed by atoms with Crippen LogP contribution in [0.5, 0.6) is 5.75 Å². The van der Waals surface area contributed by atoms with Crippen LogP contribution in [0, 0.1) is 11.3 Å². The maximum absolute atomic E-state index is 13.1. The minimum Gasteiger partial charge on any atom is -0.494 e. The van der Waals surface area contributed by atoms with Gasteiger partial charge in [0.05, 0.1) is 22.9 Å². The van der Waals surface area contributed by atoms with Crippen LogP contribution in [0.2, 0.25) is 5.02 Å². The third-order valence-electron chi connectivity index (χ3n) is 5.56. The molecule has 1 aliphatic rings. The van der Waals surface area contributed by atoms with Gasteiger partial charge in [-0.15, -0.1) is 0 Å². The number of nitriles is 1. The quantitative estimate of drug-likeness (QED) is 0.380. The lowest BCUT2D eigenvalue weighted by Gasteiger charge is -2.29. The molecule has 2 aromatic carbocycles. The summed E-state index contributed by atoms with van der Waals surface area (Å²) >= 11 is 11.8. The van der Waals surface area contributed by atoms with Gasteiger partial charge in [-0.3, -0.25) is 14.7 Å². The summed E-state index contributed by atoms with van der Waals surface area (Å²) in [5, 5.41) is 11.9. The summed E-state index contributed by atoms with van der Waals surface area (Å²) in [6, 6.07) is 14.7. The summed E-state index contributed by atoms with van der Waals surface area (Å²) in [7, 11) is 0. The highest BCUT2D eigenvalue weighted by molar-refractivity contribution is 7.80. The fourth-order valence-corrected chi connectivity index (χ4v) is 4.46. The first-order chi connectivity index (χ1) is 15.3. The highest BCUT2D eigenvalue weighted by Gasteiger charge is 2.49. The van der Waals surface area contributed by atoms with Crippen molar-refractivity contribution >= 4 is 51.3 Å². The van der Waals surface area contributed by atoms with Gasteiger partial charge in [-0.25, -0.2) is 0 Å². The van der Waals surface area contributed by atoms with Crippen LogP contribution in [0.15, 0.2) is 54.9 Å². The van der Waals surface area contributed by atoms with Crippen LogP contribution in [0.4, 0.5) is 5.69 Å². The van der Waals surface area contributed by atoms with Gasteiger partial charge in [0, 0.05) is 24.3 Å². The fourth-order valence-electron chi connectivity index (χ4n) is 3.74. The van der Waals surface area contributed by atoms with Crippen molar-refractivity contribution < 1.29 is 9.53 Å². The number of thiocarbonyl (C=S) groups is 1. The standard InChI is InChI=1S/C24H21ClN4O2S/c1-24(2)22(30)29(19-6-4-17(14-26)21(25)13-19)23(32)28(24)10-3-11-31-20-7-5-18-15-27-9-8-16(18)12-20/h4-9,12-13,15H,3,10-11H2,1-2H3. The Morgan fingerprint density at radius 3 is 2.75 bits per heavy atom. The van der Waals surface area contributed by atoms with Crippen molar-refractivity contribution in [2.45, 2.75) is 25.8 Å². The summed E-state index contributed by atoms with van der Waals surface area (Å²) in [6.45, 7) is 4.76. The molecule has 4 rings (SSSR count). The average Bonchev–Trinajstić information content (AvgIpc) is 2.95. The minimum atomic E-state index is -0.798. The molecular weight excluding hydrogens is 444 g/mol. The van der Waals surface area contributed by atoms with E-state index in [1.807, 2.05) is 55.3 Å². The fraction of sp³-hybridized carbons (Fsp3) is 0.250. The molecule has 2 heterocycles. The predicted octanol–water partition coefficient (Wildman–Crippen LogP) is 4.94. The highest BCUT2D eigenvalue weighted by Crippen LogP contribution is 2.34. The van der Waals surface area contributed by atoms with Crippen LogP contribution >= 0.6 is 23.8 Å². The zero-order valence-electron chi connectivity index (χ0n) is 17.7. The molecule has 0 spiro atoms. The number of pyridine rings is 1. The highest BCUT2D eigenvalue weighted by atomic mass is 35.5. The Balaban J connectivity index is 1.42. The second-order valence-electron chi connectivity index (χ2n) is 8.00. The molecule has 3 aromatic rings. The molecular formula is C24H21ClN4O2S. The molecule has 0 atom stereocenters. The van der Waals surface area contributed by atoms with E-state index in [9.17, 15) is 4.79 Å². The Hall–Kier alpha value is -3.21. The van der Waals surface area contributed by atoms with Gasteiger partial charge in [-0.05, 0) is 80.3 Å². The number of fused-ring (bicyclic) bond motifs is 1. The van der Waals surface area contributed by atoms with E-state index >= 15 is 0 Å². The number of rotatable bonds is 6. The number of halogens is 1. The summed E-state index contributed by atoms with van der Waals surface area (Å²) in [4.78, 5) is 20.7. The minimum absolute atomic E-state index is 0.132. The molecule has 0 unspecified atom stereocenters. The first-order valence-electron chi connectivity index (χ1n) is 10.2. The van der Waals surface area contributed by atoms with Gasteiger partial charge in [0.1, 0.15) is 17.4 Å². The van der Waals surface area contributed by atoms with Crippen LogP contribution in [0.25, 0.3) is 10.8 Å². The Labute approximate surface area is 197 Å². The number of ether oxygens (including phenoxy) is 1. The van der Waals surface area contributed by atoms with E-state index < -0.39 is 5.54 Å². The van der Waals surface area contributed by atoms with Crippen LogP contribution in [0.1, 0.15) is 25.8 Å².